The standard InChI is InChI=1S/C11H13ClO3/c1-2-15-11(14)10(13)9(12)8-6-4-3-5-7-8/h3-7,9-10,13H,2H2,1H3/t9-,10+/m0/s1. The topological polar surface area (TPSA) is 46.5 Å². The average Bonchev–Trinajstić information content (AvgIpc) is 2.28. The fourth-order valence-corrected chi connectivity index (χ4v) is 1.41. The number of carbonyl (C=O) groups is 1. The van der Waals surface area contributed by atoms with Crippen LogP contribution in [0.25, 0.3) is 0 Å². The van der Waals surface area contributed by atoms with Gasteiger partial charge in [-0.3, -0.25) is 0 Å². The van der Waals surface area contributed by atoms with Crippen molar-refractivity contribution in [3.63, 3.8) is 0 Å². The highest BCUT2D eigenvalue weighted by Gasteiger charge is 2.26. The monoisotopic (exact) mass is 228 g/mol. The maximum atomic E-state index is 11.2. The molecule has 0 fully saturated rings. The second-order valence-electron chi connectivity index (χ2n) is 3.01. The van der Waals surface area contributed by atoms with Gasteiger partial charge in [0.25, 0.3) is 0 Å². The van der Waals surface area contributed by atoms with Crippen LogP contribution in [-0.2, 0) is 9.53 Å². The Balaban J connectivity index is 2.68. The normalized spacial score (nSPS) is 14.3. The minimum absolute atomic E-state index is 0.230. The van der Waals surface area contributed by atoms with Crippen molar-refractivity contribution in [1.29, 1.82) is 0 Å². The number of hydrogen-bond donors (Lipinski definition) is 1. The van der Waals surface area contributed by atoms with Crippen molar-refractivity contribution in [3.8, 4) is 0 Å². The van der Waals surface area contributed by atoms with Crippen LogP contribution in [0.2, 0.25) is 0 Å². The van der Waals surface area contributed by atoms with E-state index in [0.717, 1.165) is 0 Å². The van der Waals surface area contributed by atoms with Gasteiger partial charge < -0.3 is 9.84 Å². The summed E-state index contributed by atoms with van der Waals surface area (Å²) < 4.78 is 4.67. The SMILES string of the molecule is CCOC(=O)[C@H](O)[C@@H](Cl)c1ccccc1. The molecule has 15 heavy (non-hydrogen) atoms. The summed E-state index contributed by atoms with van der Waals surface area (Å²) in [5, 5.41) is 8.79. The largest absolute Gasteiger partial charge is 0.464 e. The Morgan fingerprint density at radius 3 is 2.60 bits per heavy atom. The summed E-state index contributed by atoms with van der Waals surface area (Å²) in [6.45, 7) is 1.91. The first-order valence-electron chi connectivity index (χ1n) is 4.70. The number of aliphatic hydroxyl groups excluding tert-OH is 1. The second-order valence-corrected chi connectivity index (χ2v) is 3.48. The molecule has 0 unspecified atom stereocenters. The van der Waals surface area contributed by atoms with E-state index >= 15 is 0 Å². The van der Waals surface area contributed by atoms with E-state index in [0.29, 0.717) is 5.56 Å². The zero-order valence-electron chi connectivity index (χ0n) is 8.39. The summed E-state index contributed by atoms with van der Waals surface area (Å²) in [4.78, 5) is 11.2. The number of ether oxygens (including phenoxy) is 1. The fourth-order valence-electron chi connectivity index (χ4n) is 1.17. The predicted octanol–water partition coefficient (Wildman–Crippen LogP) is 1.89. The van der Waals surface area contributed by atoms with Gasteiger partial charge in [-0.05, 0) is 12.5 Å². The van der Waals surface area contributed by atoms with Crippen LogP contribution in [0.3, 0.4) is 0 Å². The molecular formula is C11H13ClO3. The van der Waals surface area contributed by atoms with Gasteiger partial charge in [0, 0.05) is 0 Å². The van der Waals surface area contributed by atoms with Gasteiger partial charge in [0.05, 0.1) is 12.0 Å². The van der Waals surface area contributed by atoms with Crippen LogP contribution in [-0.4, -0.2) is 23.8 Å². The lowest BCUT2D eigenvalue weighted by molar-refractivity contribution is -0.153. The highest BCUT2D eigenvalue weighted by atomic mass is 35.5. The lowest BCUT2D eigenvalue weighted by Gasteiger charge is -2.15. The molecule has 3 nitrogen and oxygen atoms in total. The number of carbonyl (C=O) groups excluding carboxylic acids is 1. The van der Waals surface area contributed by atoms with E-state index in [1.165, 1.54) is 0 Å². The molecule has 0 aromatic heterocycles. The molecule has 0 spiro atoms. The Bertz CT molecular complexity index is 313. The van der Waals surface area contributed by atoms with Crippen molar-refractivity contribution >= 4 is 17.6 Å². The number of aliphatic hydroxyl groups is 1. The molecule has 0 saturated carbocycles. The molecule has 0 bridgehead atoms. The first-order valence-corrected chi connectivity index (χ1v) is 5.14. The Morgan fingerprint density at radius 1 is 1.47 bits per heavy atom. The fraction of sp³-hybridized carbons (Fsp3) is 0.364. The summed E-state index contributed by atoms with van der Waals surface area (Å²) in [7, 11) is 0. The predicted molar refractivity (Wildman–Crippen MR) is 57.7 cm³/mol. The molecule has 0 aliphatic rings. The maximum absolute atomic E-state index is 11.2. The summed E-state index contributed by atoms with van der Waals surface area (Å²) in [5.41, 5.74) is 0.694. The first kappa shape index (κ1) is 12.0. The Labute approximate surface area is 93.6 Å². The number of esters is 1. The highest BCUT2D eigenvalue weighted by Crippen LogP contribution is 2.24. The summed E-state index contributed by atoms with van der Waals surface area (Å²) >= 11 is 5.94. The van der Waals surface area contributed by atoms with Gasteiger partial charge in [-0.25, -0.2) is 4.79 Å². The van der Waals surface area contributed by atoms with Crippen molar-refractivity contribution in [2.45, 2.75) is 18.4 Å². The molecule has 1 rings (SSSR count). The van der Waals surface area contributed by atoms with Gasteiger partial charge in [0.2, 0.25) is 0 Å². The van der Waals surface area contributed by atoms with Crippen LogP contribution in [0.4, 0.5) is 0 Å². The third-order valence-electron chi connectivity index (χ3n) is 1.92. The molecule has 1 aromatic carbocycles. The van der Waals surface area contributed by atoms with Gasteiger partial charge in [-0.2, -0.15) is 0 Å². The smallest absolute Gasteiger partial charge is 0.336 e. The van der Waals surface area contributed by atoms with Crippen LogP contribution in [0, 0.1) is 0 Å². The van der Waals surface area contributed by atoms with Gasteiger partial charge in [-0.1, -0.05) is 30.3 Å². The molecule has 1 N–H and O–H groups in total. The van der Waals surface area contributed by atoms with E-state index in [4.69, 9.17) is 11.6 Å². The third kappa shape index (κ3) is 3.22. The maximum Gasteiger partial charge on any atom is 0.336 e. The van der Waals surface area contributed by atoms with Gasteiger partial charge in [0.1, 0.15) is 0 Å². The van der Waals surface area contributed by atoms with Gasteiger partial charge in [-0.15, -0.1) is 11.6 Å². The van der Waals surface area contributed by atoms with Crippen LogP contribution < -0.4 is 0 Å². The zero-order chi connectivity index (χ0) is 11.3. The molecule has 1 aromatic rings. The van der Waals surface area contributed by atoms with Crippen LogP contribution >= 0.6 is 11.6 Å². The van der Waals surface area contributed by atoms with Crippen LogP contribution in [0.15, 0.2) is 30.3 Å². The Hall–Kier alpha value is -1.06. The summed E-state index contributed by atoms with van der Waals surface area (Å²) in [6.07, 6.45) is -1.32. The molecule has 0 aliphatic heterocycles. The number of rotatable bonds is 4. The quantitative estimate of drug-likeness (QED) is 0.632. The number of alkyl halides is 1. The van der Waals surface area contributed by atoms with Crippen molar-refractivity contribution in [2.24, 2.45) is 0 Å². The molecule has 0 saturated heterocycles. The van der Waals surface area contributed by atoms with Crippen molar-refractivity contribution in [1.82, 2.24) is 0 Å². The Morgan fingerprint density at radius 2 is 2.07 bits per heavy atom. The molecule has 4 heteroatoms. The molecule has 0 aliphatic carbocycles. The van der Waals surface area contributed by atoms with Crippen molar-refractivity contribution < 1.29 is 14.6 Å². The van der Waals surface area contributed by atoms with Crippen LogP contribution in [0.1, 0.15) is 17.9 Å². The number of halogens is 1. The summed E-state index contributed by atoms with van der Waals surface area (Å²) in [5.74, 6) is -0.693. The zero-order valence-corrected chi connectivity index (χ0v) is 9.15. The van der Waals surface area contributed by atoms with E-state index in [1.54, 1.807) is 31.2 Å². The van der Waals surface area contributed by atoms with E-state index in [9.17, 15) is 9.90 Å². The highest BCUT2D eigenvalue weighted by molar-refractivity contribution is 6.22. The molecule has 0 heterocycles. The number of benzene rings is 1. The summed E-state index contributed by atoms with van der Waals surface area (Å²) in [6, 6.07) is 8.93. The molecule has 0 radical (unpaired) electrons. The van der Waals surface area contributed by atoms with Gasteiger partial charge in [0.15, 0.2) is 6.10 Å². The second kappa shape index (κ2) is 5.73. The Kier molecular flexibility index (Phi) is 4.59. The van der Waals surface area contributed by atoms with Gasteiger partial charge >= 0.3 is 5.97 Å². The van der Waals surface area contributed by atoms with Crippen molar-refractivity contribution in [2.75, 3.05) is 6.61 Å². The van der Waals surface area contributed by atoms with Crippen molar-refractivity contribution in [3.05, 3.63) is 35.9 Å². The van der Waals surface area contributed by atoms with E-state index < -0.39 is 17.5 Å². The first-order chi connectivity index (χ1) is 7.16. The van der Waals surface area contributed by atoms with Crippen LogP contribution in [0.5, 0.6) is 0 Å². The number of hydrogen-bond acceptors (Lipinski definition) is 3. The molecular weight excluding hydrogens is 216 g/mol. The molecule has 82 valence electrons. The van der Waals surface area contributed by atoms with E-state index in [2.05, 4.69) is 4.74 Å². The third-order valence-corrected chi connectivity index (χ3v) is 2.41. The average molecular weight is 229 g/mol. The van der Waals surface area contributed by atoms with E-state index in [1.807, 2.05) is 6.07 Å². The van der Waals surface area contributed by atoms with E-state index in [-0.39, 0.29) is 6.61 Å². The minimum atomic E-state index is -1.32. The lowest BCUT2D eigenvalue weighted by Crippen LogP contribution is -2.27. The lowest BCUT2D eigenvalue weighted by atomic mass is 10.1. The molecule has 2 atom stereocenters. The molecule has 0 amide bonds. The minimum Gasteiger partial charge on any atom is -0.464 e.